The number of carboxylic acids is 1. The number of thioether (sulfide) groups is 1. The van der Waals surface area contributed by atoms with Crippen LogP contribution in [0.4, 0.5) is 18.0 Å². The van der Waals surface area contributed by atoms with Gasteiger partial charge in [-0.15, -0.1) is 11.8 Å². The zero-order valence-electron chi connectivity index (χ0n) is 34.1. The lowest BCUT2D eigenvalue weighted by Gasteiger charge is -2.45. The van der Waals surface area contributed by atoms with Gasteiger partial charge in [-0.05, 0) is 55.4 Å². The Hall–Kier alpha value is -4.98. The molecule has 4 aliphatic heterocycles. The Morgan fingerprint density at radius 2 is 1.81 bits per heavy atom. The fourth-order valence-electron chi connectivity index (χ4n) is 8.78. The average Bonchev–Trinajstić information content (AvgIpc) is 3.93. The summed E-state index contributed by atoms with van der Waals surface area (Å²) in [7, 11) is 0. The number of imidazole rings is 1. The van der Waals surface area contributed by atoms with E-state index in [9.17, 15) is 28.4 Å². The van der Waals surface area contributed by atoms with Crippen LogP contribution < -0.4 is 16.4 Å². The van der Waals surface area contributed by atoms with Crippen molar-refractivity contribution in [2.24, 2.45) is 17.6 Å². The quantitative estimate of drug-likeness (QED) is 0.106. The third-order valence-electron chi connectivity index (χ3n) is 12.1. The Labute approximate surface area is 361 Å². The largest absolute Gasteiger partial charge is 0.480 e. The number of nitrogens with one attached hydrogen (secondary N) is 2. The lowest BCUT2D eigenvalue weighted by atomic mass is 9.84. The third kappa shape index (κ3) is 10.4. The Balaban J connectivity index is 1.02. The molecule has 0 saturated carbocycles. The van der Waals surface area contributed by atoms with Gasteiger partial charge in [0.05, 0.1) is 23.0 Å². The molecule has 19 heteroatoms. The maximum absolute atomic E-state index is 15.7. The number of fused-ring (bicyclic) bond motifs is 1. The molecule has 0 spiro atoms. The maximum Gasteiger partial charge on any atom is 0.407 e. The number of benzene rings is 2. The van der Waals surface area contributed by atoms with E-state index in [0.717, 1.165) is 35.5 Å². The van der Waals surface area contributed by atoms with Gasteiger partial charge in [0.25, 0.3) is 5.91 Å². The van der Waals surface area contributed by atoms with E-state index in [0.29, 0.717) is 64.1 Å². The first-order chi connectivity index (χ1) is 29.9. The highest BCUT2D eigenvalue weighted by Crippen LogP contribution is 2.41. The molecule has 5 heterocycles. The number of halogens is 3. The topological polar surface area (TPSA) is 198 Å². The van der Waals surface area contributed by atoms with Crippen LogP contribution in [-0.2, 0) is 35.2 Å². The molecule has 4 fully saturated rings. The molecule has 7 atom stereocenters. The molecule has 4 aliphatic rings. The van der Waals surface area contributed by atoms with Gasteiger partial charge < -0.3 is 40.4 Å². The number of piperidine rings is 1. The van der Waals surface area contributed by atoms with Crippen molar-refractivity contribution in [3.05, 3.63) is 77.8 Å². The minimum Gasteiger partial charge on any atom is -0.480 e. The number of rotatable bonds is 18. The van der Waals surface area contributed by atoms with E-state index in [2.05, 4.69) is 10.6 Å². The highest BCUT2D eigenvalue weighted by molar-refractivity contribution is 8.00. The number of alkyl halides is 1. The Morgan fingerprint density at radius 3 is 2.56 bits per heavy atom. The van der Waals surface area contributed by atoms with Gasteiger partial charge in [0.2, 0.25) is 11.8 Å². The predicted molar refractivity (Wildman–Crippen MR) is 221 cm³/mol. The van der Waals surface area contributed by atoms with E-state index in [4.69, 9.17) is 25.3 Å². The molecule has 4 amide bonds. The van der Waals surface area contributed by atoms with E-state index in [1.807, 2.05) is 34.9 Å². The Kier molecular flexibility index (Phi) is 14.9. The van der Waals surface area contributed by atoms with E-state index < -0.39 is 71.2 Å². The normalized spacial score (nSPS) is 24.0. The van der Waals surface area contributed by atoms with Crippen LogP contribution in [0.25, 0.3) is 11.3 Å². The van der Waals surface area contributed by atoms with Crippen LogP contribution in [-0.4, -0.2) is 129 Å². The van der Waals surface area contributed by atoms with Crippen LogP contribution in [0.5, 0.6) is 0 Å². The number of likely N-dealkylation sites (tertiary alicyclic amines) is 2. The highest BCUT2D eigenvalue weighted by atomic mass is 32.2. The van der Waals surface area contributed by atoms with Crippen molar-refractivity contribution in [3.63, 3.8) is 0 Å². The third-order valence-corrected chi connectivity index (χ3v) is 13.4. The molecule has 1 aromatic heterocycles. The van der Waals surface area contributed by atoms with Crippen LogP contribution in [0.15, 0.2) is 54.7 Å². The SMILES string of the molecule is N[C@@H](CSC1CC(=O)N(CCCCCCNC(=O)O[C@@H]2C(=O)N(C(c3nc(-c4cc(F)ccc4F)cn3Cc3ccccc3)C3CCOCC3)C[C@H]3C(F)CNC32)C1=O)C(=O)O. The number of alkyl carbamates (subject to hydrolysis) is 1. The first-order valence-electron chi connectivity index (χ1n) is 21.1. The summed E-state index contributed by atoms with van der Waals surface area (Å²) in [5.41, 5.74) is 6.56. The molecule has 0 radical (unpaired) electrons. The van der Waals surface area contributed by atoms with Crippen molar-refractivity contribution in [2.45, 2.75) is 87.1 Å². The summed E-state index contributed by atoms with van der Waals surface area (Å²) in [6.45, 7) is 1.54. The van der Waals surface area contributed by atoms with Crippen LogP contribution in [0.1, 0.15) is 62.4 Å². The van der Waals surface area contributed by atoms with Crippen LogP contribution >= 0.6 is 11.8 Å². The van der Waals surface area contributed by atoms with Crippen molar-refractivity contribution < 1.29 is 51.7 Å². The summed E-state index contributed by atoms with van der Waals surface area (Å²) in [5.74, 6) is -4.16. The molecule has 334 valence electrons. The molecule has 62 heavy (non-hydrogen) atoms. The zero-order valence-corrected chi connectivity index (χ0v) is 35.0. The number of imide groups is 1. The number of carboxylic acid groups (broad SMARTS) is 1. The number of nitrogens with two attached hydrogens (primary N) is 1. The molecular weight excluding hydrogens is 832 g/mol. The first kappa shape index (κ1) is 45.1. The number of aliphatic carboxylic acids is 1. The fourth-order valence-corrected chi connectivity index (χ4v) is 9.89. The number of aromatic nitrogens is 2. The van der Waals surface area contributed by atoms with Crippen molar-refractivity contribution in [3.8, 4) is 11.3 Å². The molecule has 4 unspecified atom stereocenters. The number of amides is 4. The first-order valence-corrected chi connectivity index (χ1v) is 22.1. The highest BCUT2D eigenvalue weighted by Gasteiger charge is 2.54. The summed E-state index contributed by atoms with van der Waals surface area (Å²) in [6.07, 6.45) is 1.55. The summed E-state index contributed by atoms with van der Waals surface area (Å²) < 4.78 is 58.8. The number of carbonyl (C=O) groups excluding carboxylic acids is 4. The number of carbonyl (C=O) groups is 5. The van der Waals surface area contributed by atoms with Crippen LogP contribution in [0.3, 0.4) is 0 Å². The maximum atomic E-state index is 15.7. The van der Waals surface area contributed by atoms with Crippen molar-refractivity contribution in [1.29, 1.82) is 0 Å². The number of ether oxygens (including phenoxy) is 2. The standard InChI is InChI=1S/C43H52F3N7O8S/c44-27-10-11-30(45)28(18-27)33-23-51(21-25-8-4-3-5-9-25)39(50-33)37(26-12-16-60-17-13-26)53-22-29-31(46)20-49-36(29)38(41(53)56)61-43(59)48-14-6-1-2-7-15-52-35(54)19-34(40(52)55)62-24-32(47)42(57)58/h3-5,8-11,18,23,26,29,31-32,34,36-38,49H,1-2,6-7,12-17,19-22,24,47H2,(H,48,59)(H,57,58)/t29-,31?,32-,34?,36?,37?,38-/m0/s1. The molecule has 0 bridgehead atoms. The molecule has 5 N–H and O–H groups in total. The molecule has 4 saturated heterocycles. The van der Waals surface area contributed by atoms with Crippen LogP contribution in [0, 0.1) is 23.5 Å². The second-order valence-electron chi connectivity index (χ2n) is 16.2. The summed E-state index contributed by atoms with van der Waals surface area (Å²) >= 11 is 1.07. The predicted octanol–water partition coefficient (Wildman–Crippen LogP) is 4.04. The number of hydrogen-bond acceptors (Lipinski definition) is 11. The van der Waals surface area contributed by atoms with E-state index in [1.54, 1.807) is 11.1 Å². The van der Waals surface area contributed by atoms with Crippen molar-refractivity contribution >= 4 is 41.5 Å². The second-order valence-corrected chi connectivity index (χ2v) is 17.5. The van der Waals surface area contributed by atoms with E-state index in [1.165, 1.54) is 4.90 Å². The minimum absolute atomic E-state index is 0.000179. The summed E-state index contributed by atoms with van der Waals surface area (Å²) in [4.78, 5) is 71.9. The van der Waals surface area contributed by atoms with Gasteiger partial charge in [0.15, 0.2) is 6.10 Å². The average molecular weight is 884 g/mol. The van der Waals surface area contributed by atoms with Gasteiger partial charge in [-0.25, -0.2) is 22.9 Å². The molecule has 0 aliphatic carbocycles. The zero-order chi connectivity index (χ0) is 43.9. The smallest absolute Gasteiger partial charge is 0.407 e. The lowest BCUT2D eigenvalue weighted by molar-refractivity contribution is -0.155. The number of hydrogen-bond donors (Lipinski definition) is 4. The van der Waals surface area contributed by atoms with Gasteiger partial charge in [-0.1, -0.05) is 43.2 Å². The van der Waals surface area contributed by atoms with Gasteiger partial charge in [0, 0.05) is 75.8 Å². The van der Waals surface area contributed by atoms with Gasteiger partial charge in [0.1, 0.15) is 29.7 Å². The lowest BCUT2D eigenvalue weighted by Crippen LogP contribution is -2.62. The molecule has 3 aromatic rings. The van der Waals surface area contributed by atoms with Gasteiger partial charge >= 0.3 is 12.1 Å². The molecule has 7 rings (SSSR count). The Bertz CT molecular complexity index is 2090. The van der Waals surface area contributed by atoms with Crippen molar-refractivity contribution in [1.82, 2.24) is 30.0 Å². The molecule has 2 aromatic carbocycles. The minimum atomic E-state index is -1.37. The monoisotopic (exact) mass is 883 g/mol. The summed E-state index contributed by atoms with van der Waals surface area (Å²) in [6, 6.07) is 9.98. The van der Waals surface area contributed by atoms with E-state index >= 15 is 8.78 Å². The second kappa shape index (κ2) is 20.5. The van der Waals surface area contributed by atoms with Gasteiger partial charge in [-0.3, -0.25) is 24.1 Å². The molecule has 15 nitrogen and oxygen atoms in total. The fraction of sp³-hybridized carbons (Fsp3) is 0.535. The van der Waals surface area contributed by atoms with Crippen molar-refractivity contribution in [2.75, 3.05) is 45.1 Å². The van der Waals surface area contributed by atoms with E-state index in [-0.39, 0.29) is 67.3 Å². The number of nitrogens with zero attached hydrogens (tertiary/aromatic N) is 4. The molecular formula is C43H52F3N7O8S. The Morgan fingerprint density at radius 1 is 1.05 bits per heavy atom. The van der Waals surface area contributed by atoms with Crippen LogP contribution in [0.2, 0.25) is 0 Å². The number of unbranched alkanes of at least 4 members (excludes halogenated alkanes) is 3. The summed E-state index contributed by atoms with van der Waals surface area (Å²) in [5, 5.41) is 14.1. The van der Waals surface area contributed by atoms with Gasteiger partial charge in [-0.2, -0.15) is 0 Å².